The number of hydrogen-bond donors (Lipinski definition) is 1. The average Bonchev–Trinajstić information content (AvgIpc) is 2.47. The minimum Gasteiger partial charge on any atom is -0.374 e. The summed E-state index contributed by atoms with van der Waals surface area (Å²) >= 11 is 0. The van der Waals surface area contributed by atoms with Gasteiger partial charge in [-0.1, -0.05) is 65.2 Å². The van der Waals surface area contributed by atoms with E-state index < -0.39 is 0 Å². The summed E-state index contributed by atoms with van der Waals surface area (Å²) in [6.07, 6.45) is 14.8. The molecular weight excluding hydrogens is 246 g/mol. The van der Waals surface area contributed by atoms with Crippen molar-refractivity contribution in [3.63, 3.8) is 0 Å². The van der Waals surface area contributed by atoms with Crippen LogP contribution in [-0.4, -0.2) is 24.8 Å². The molecule has 0 bridgehead atoms. The van der Waals surface area contributed by atoms with Crippen LogP contribution < -0.4 is 5.32 Å². The second kappa shape index (κ2) is 10.6. The third kappa shape index (κ3) is 5.73. The normalized spacial score (nSPS) is 19.9. The van der Waals surface area contributed by atoms with Gasteiger partial charge in [0.05, 0.1) is 5.60 Å². The van der Waals surface area contributed by atoms with Gasteiger partial charge in [0.15, 0.2) is 0 Å². The number of unbranched alkanes of at least 4 members (excludes halogenated alkanes) is 4. The van der Waals surface area contributed by atoms with Crippen molar-refractivity contribution in [2.75, 3.05) is 13.2 Å². The van der Waals surface area contributed by atoms with Gasteiger partial charge >= 0.3 is 0 Å². The fraction of sp³-hybridized carbons (Fsp3) is 1.00. The van der Waals surface area contributed by atoms with Crippen LogP contribution in [0.15, 0.2) is 0 Å². The van der Waals surface area contributed by atoms with Gasteiger partial charge in [-0.3, -0.25) is 0 Å². The second-order valence-corrected chi connectivity index (χ2v) is 6.37. The first-order valence-corrected chi connectivity index (χ1v) is 9.16. The van der Waals surface area contributed by atoms with Crippen LogP contribution in [0.2, 0.25) is 0 Å². The quantitative estimate of drug-likeness (QED) is 0.535. The summed E-state index contributed by atoms with van der Waals surface area (Å²) in [5.41, 5.74) is 0.133. The lowest BCUT2D eigenvalue weighted by molar-refractivity contribution is -0.0915. The van der Waals surface area contributed by atoms with Crippen LogP contribution in [0.1, 0.15) is 91.4 Å². The van der Waals surface area contributed by atoms with E-state index in [4.69, 9.17) is 4.74 Å². The van der Waals surface area contributed by atoms with Crippen molar-refractivity contribution >= 4 is 0 Å². The van der Waals surface area contributed by atoms with E-state index in [1.807, 2.05) is 0 Å². The standard InChI is InChI=1S/C18H37NO/c1-4-7-8-9-11-14-17(19-5-2)18(20-6-3)15-12-10-13-16-18/h17,19H,4-16H2,1-3H3. The molecule has 1 rings (SSSR count). The maximum atomic E-state index is 6.30. The first-order valence-electron chi connectivity index (χ1n) is 9.16. The highest BCUT2D eigenvalue weighted by Crippen LogP contribution is 2.36. The predicted molar refractivity (Wildman–Crippen MR) is 88.3 cm³/mol. The smallest absolute Gasteiger partial charge is 0.0834 e. The van der Waals surface area contributed by atoms with Crippen LogP contribution >= 0.6 is 0 Å². The van der Waals surface area contributed by atoms with Gasteiger partial charge in [0.2, 0.25) is 0 Å². The van der Waals surface area contributed by atoms with Gasteiger partial charge in [0, 0.05) is 12.6 Å². The highest BCUT2D eigenvalue weighted by Gasteiger charge is 2.39. The number of ether oxygens (including phenoxy) is 1. The lowest BCUT2D eigenvalue weighted by atomic mass is 9.77. The van der Waals surface area contributed by atoms with Crippen molar-refractivity contribution in [1.82, 2.24) is 5.32 Å². The number of hydrogen-bond acceptors (Lipinski definition) is 2. The summed E-state index contributed by atoms with van der Waals surface area (Å²) in [4.78, 5) is 0. The average molecular weight is 284 g/mol. The van der Waals surface area contributed by atoms with Crippen LogP contribution in [0.3, 0.4) is 0 Å². The molecule has 1 fully saturated rings. The summed E-state index contributed by atoms with van der Waals surface area (Å²) in [6.45, 7) is 8.59. The monoisotopic (exact) mass is 283 g/mol. The molecule has 0 aliphatic heterocycles. The molecule has 0 spiro atoms. The summed E-state index contributed by atoms with van der Waals surface area (Å²) in [6, 6.07) is 0.564. The lowest BCUT2D eigenvalue weighted by Gasteiger charge is -2.44. The van der Waals surface area contributed by atoms with Gasteiger partial charge in [-0.25, -0.2) is 0 Å². The first kappa shape index (κ1) is 18.0. The molecule has 1 saturated carbocycles. The Morgan fingerprint density at radius 2 is 1.65 bits per heavy atom. The van der Waals surface area contributed by atoms with Crippen molar-refractivity contribution < 1.29 is 4.74 Å². The van der Waals surface area contributed by atoms with E-state index in [-0.39, 0.29) is 5.60 Å². The molecule has 2 heteroatoms. The molecule has 0 aromatic heterocycles. The van der Waals surface area contributed by atoms with E-state index >= 15 is 0 Å². The molecule has 2 nitrogen and oxygen atoms in total. The Hall–Kier alpha value is -0.0800. The van der Waals surface area contributed by atoms with Crippen LogP contribution in [0.5, 0.6) is 0 Å². The van der Waals surface area contributed by atoms with Crippen LogP contribution in [-0.2, 0) is 4.74 Å². The summed E-state index contributed by atoms with van der Waals surface area (Å²) in [5, 5.41) is 3.74. The molecule has 0 saturated heterocycles. The maximum Gasteiger partial charge on any atom is 0.0834 e. The number of likely N-dealkylation sites (N-methyl/N-ethyl adjacent to an activating group) is 1. The van der Waals surface area contributed by atoms with Crippen LogP contribution in [0, 0.1) is 0 Å². The third-order valence-corrected chi connectivity index (χ3v) is 4.81. The van der Waals surface area contributed by atoms with Crippen LogP contribution in [0.4, 0.5) is 0 Å². The third-order valence-electron chi connectivity index (χ3n) is 4.81. The molecule has 1 atom stereocenters. The minimum atomic E-state index is 0.133. The zero-order valence-electron chi connectivity index (χ0n) is 14.2. The van der Waals surface area contributed by atoms with Gasteiger partial charge in [0.1, 0.15) is 0 Å². The largest absolute Gasteiger partial charge is 0.374 e. The molecule has 0 amide bonds. The molecule has 0 radical (unpaired) electrons. The fourth-order valence-corrected chi connectivity index (χ4v) is 3.78. The van der Waals surface area contributed by atoms with Crippen LogP contribution in [0.25, 0.3) is 0 Å². The van der Waals surface area contributed by atoms with Gasteiger partial charge in [0.25, 0.3) is 0 Å². The van der Waals surface area contributed by atoms with Crippen molar-refractivity contribution in [2.45, 2.75) is 103 Å². The molecule has 1 aliphatic rings. The summed E-state index contributed by atoms with van der Waals surface area (Å²) in [7, 11) is 0. The Labute approximate surface area is 127 Å². The van der Waals surface area contributed by atoms with Gasteiger partial charge < -0.3 is 10.1 Å². The number of rotatable bonds is 11. The molecule has 120 valence electrons. The van der Waals surface area contributed by atoms with E-state index in [1.165, 1.54) is 70.6 Å². The van der Waals surface area contributed by atoms with E-state index in [0.29, 0.717) is 6.04 Å². The predicted octanol–water partition coefficient (Wildman–Crippen LogP) is 5.06. The Kier molecular flexibility index (Phi) is 9.54. The summed E-state index contributed by atoms with van der Waals surface area (Å²) in [5.74, 6) is 0. The highest BCUT2D eigenvalue weighted by molar-refractivity contribution is 4.95. The molecule has 0 heterocycles. The SMILES string of the molecule is CCCCCCCC(NCC)C1(OCC)CCCCC1. The maximum absolute atomic E-state index is 6.30. The van der Waals surface area contributed by atoms with E-state index in [0.717, 1.165) is 13.2 Å². The highest BCUT2D eigenvalue weighted by atomic mass is 16.5. The molecule has 1 aliphatic carbocycles. The Morgan fingerprint density at radius 1 is 0.950 bits per heavy atom. The van der Waals surface area contributed by atoms with Gasteiger partial charge in [-0.2, -0.15) is 0 Å². The molecule has 0 aromatic rings. The molecule has 20 heavy (non-hydrogen) atoms. The Balaban J connectivity index is 2.50. The zero-order valence-corrected chi connectivity index (χ0v) is 14.2. The van der Waals surface area contributed by atoms with E-state index in [2.05, 4.69) is 26.1 Å². The van der Waals surface area contributed by atoms with E-state index in [1.54, 1.807) is 0 Å². The van der Waals surface area contributed by atoms with E-state index in [9.17, 15) is 0 Å². The number of nitrogens with one attached hydrogen (secondary N) is 1. The lowest BCUT2D eigenvalue weighted by Crippen LogP contribution is -2.53. The van der Waals surface area contributed by atoms with Crippen molar-refractivity contribution in [2.24, 2.45) is 0 Å². The molecule has 1 N–H and O–H groups in total. The summed E-state index contributed by atoms with van der Waals surface area (Å²) < 4.78 is 6.30. The van der Waals surface area contributed by atoms with Crippen molar-refractivity contribution in [3.8, 4) is 0 Å². The molecule has 1 unspecified atom stereocenters. The zero-order chi connectivity index (χ0) is 14.7. The van der Waals surface area contributed by atoms with Gasteiger partial charge in [-0.05, 0) is 32.7 Å². The second-order valence-electron chi connectivity index (χ2n) is 6.37. The molecule has 0 aromatic carbocycles. The molecular formula is C18H37NO. The van der Waals surface area contributed by atoms with Crippen molar-refractivity contribution in [1.29, 1.82) is 0 Å². The topological polar surface area (TPSA) is 21.3 Å². The Bertz CT molecular complexity index is 218. The minimum absolute atomic E-state index is 0.133. The van der Waals surface area contributed by atoms with Gasteiger partial charge in [-0.15, -0.1) is 0 Å². The first-order chi connectivity index (χ1) is 9.79. The Morgan fingerprint density at radius 3 is 2.25 bits per heavy atom. The van der Waals surface area contributed by atoms with Crippen molar-refractivity contribution in [3.05, 3.63) is 0 Å². The fourth-order valence-electron chi connectivity index (χ4n) is 3.78.